The third-order valence-electron chi connectivity index (χ3n) is 7.15. The van der Waals surface area contributed by atoms with Crippen LogP contribution in [-0.4, -0.2) is 28.7 Å². The van der Waals surface area contributed by atoms with Crippen molar-refractivity contribution in [1.29, 1.82) is 0 Å². The number of anilines is 1. The fourth-order valence-corrected chi connectivity index (χ4v) is 5.96. The fourth-order valence-electron chi connectivity index (χ4n) is 5.50. The molecule has 0 radical (unpaired) electrons. The van der Waals surface area contributed by atoms with Gasteiger partial charge in [-0.1, -0.05) is 58.4 Å². The van der Waals surface area contributed by atoms with Crippen LogP contribution in [0, 0.1) is 37.5 Å². The molecule has 2 aliphatic carbocycles. The molecule has 32 heavy (non-hydrogen) atoms. The average Bonchev–Trinajstić information content (AvgIpc) is 3.45. The van der Waals surface area contributed by atoms with Crippen molar-refractivity contribution in [2.75, 3.05) is 5.32 Å². The smallest absolute Gasteiger partial charge is 0.248 e. The fraction of sp³-hybridized carbons (Fsp3) is 0.346. The number of halogens is 1. The monoisotopic (exact) mass is 492 g/mol. The van der Waals surface area contributed by atoms with Crippen LogP contribution < -0.4 is 5.32 Å². The van der Waals surface area contributed by atoms with E-state index in [1.165, 1.54) is 4.90 Å². The zero-order chi connectivity index (χ0) is 22.6. The molecular weight excluding hydrogens is 468 g/mol. The highest BCUT2D eigenvalue weighted by Crippen LogP contribution is 2.53. The Morgan fingerprint density at radius 1 is 1.03 bits per heavy atom. The van der Waals surface area contributed by atoms with Gasteiger partial charge in [-0.05, 0) is 60.9 Å². The lowest BCUT2D eigenvalue weighted by molar-refractivity contribution is -0.147. The molecule has 1 aliphatic heterocycles. The molecule has 5 rings (SSSR count). The lowest BCUT2D eigenvalue weighted by Gasteiger charge is -2.27. The summed E-state index contributed by atoms with van der Waals surface area (Å²) in [5, 5.41) is 3.00. The number of nitrogens with one attached hydrogen (secondary N) is 1. The number of carbonyl (C=O) groups is 3. The van der Waals surface area contributed by atoms with Gasteiger partial charge in [-0.3, -0.25) is 19.3 Å². The van der Waals surface area contributed by atoms with Gasteiger partial charge < -0.3 is 5.32 Å². The van der Waals surface area contributed by atoms with E-state index < -0.39 is 6.04 Å². The van der Waals surface area contributed by atoms with Crippen LogP contribution in [0.1, 0.15) is 23.1 Å². The van der Waals surface area contributed by atoms with Crippen LogP contribution in [-0.2, 0) is 20.8 Å². The van der Waals surface area contributed by atoms with Crippen molar-refractivity contribution in [1.82, 2.24) is 4.90 Å². The Morgan fingerprint density at radius 3 is 2.28 bits per heavy atom. The van der Waals surface area contributed by atoms with E-state index in [2.05, 4.69) is 33.4 Å². The van der Waals surface area contributed by atoms with Gasteiger partial charge in [-0.15, -0.1) is 0 Å². The van der Waals surface area contributed by atoms with E-state index in [0.717, 1.165) is 27.6 Å². The summed E-state index contributed by atoms with van der Waals surface area (Å²) in [5.74, 6) is -1.14. The van der Waals surface area contributed by atoms with Crippen LogP contribution in [0.15, 0.2) is 59.1 Å². The quantitative estimate of drug-likeness (QED) is 0.496. The van der Waals surface area contributed by atoms with Crippen molar-refractivity contribution >= 4 is 39.3 Å². The molecule has 2 bridgehead atoms. The standard InChI is InChI=1S/C26H25BrN2O3/c1-14-11-20(15(2)10-19(14)27)28-24(30)21(12-16-6-4-3-5-7-16)29-25(31)22-17-8-9-18(13-17)23(22)26(29)32/h3-11,17-18,21-23H,12-13H2,1-2H3,(H,28,30). The highest BCUT2D eigenvalue weighted by atomic mass is 79.9. The lowest BCUT2D eigenvalue weighted by atomic mass is 9.85. The molecule has 5 nitrogen and oxygen atoms in total. The van der Waals surface area contributed by atoms with E-state index in [4.69, 9.17) is 0 Å². The predicted octanol–water partition coefficient (Wildman–Crippen LogP) is 4.42. The highest BCUT2D eigenvalue weighted by Gasteiger charge is 2.61. The normalized spacial score (nSPS) is 26.5. The first-order valence-electron chi connectivity index (χ1n) is 11.0. The molecule has 1 saturated heterocycles. The number of nitrogens with zero attached hydrogens (tertiary/aromatic N) is 1. The summed E-state index contributed by atoms with van der Waals surface area (Å²) >= 11 is 3.52. The van der Waals surface area contributed by atoms with Gasteiger partial charge in [0, 0.05) is 16.6 Å². The second-order valence-electron chi connectivity index (χ2n) is 9.16. The topological polar surface area (TPSA) is 66.5 Å². The molecule has 5 atom stereocenters. The molecule has 3 aliphatic rings. The van der Waals surface area contributed by atoms with Gasteiger partial charge in [-0.2, -0.15) is 0 Å². The van der Waals surface area contributed by atoms with Crippen LogP contribution in [0.5, 0.6) is 0 Å². The number of allylic oxidation sites excluding steroid dienone is 2. The van der Waals surface area contributed by atoms with Gasteiger partial charge in [-0.25, -0.2) is 0 Å². The van der Waals surface area contributed by atoms with Gasteiger partial charge in [0.25, 0.3) is 0 Å². The number of hydrogen-bond acceptors (Lipinski definition) is 3. The van der Waals surface area contributed by atoms with Crippen LogP contribution in [0.4, 0.5) is 5.69 Å². The first kappa shape index (κ1) is 21.1. The molecule has 164 valence electrons. The molecule has 5 unspecified atom stereocenters. The maximum atomic E-state index is 13.6. The summed E-state index contributed by atoms with van der Waals surface area (Å²) < 4.78 is 0.967. The van der Waals surface area contributed by atoms with E-state index >= 15 is 0 Å². The molecule has 1 heterocycles. The van der Waals surface area contributed by atoms with E-state index in [0.29, 0.717) is 12.1 Å². The molecular formula is C26H25BrN2O3. The summed E-state index contributed by atoms with van der Waals surface area (Å²) in [6, 6.07) is 12.5. The molecule has 2 aromatic carbocycles. The maximum absolute atomic E-state index is 13.6. The third-order valence-corrected chi connectivity index (χ3v) is 8.01. The van der Waals surface area contributed by atoms with Crippen molar-refractivity contribution in [3.05, 3.63) is 75.8 Å². The highest BCUT2D eigenvalue weighted by molar-refractivity contribution is 9.10. The number of aryl methyl sites for hydroxylation is 2. The Balaban J connectivity index is 1.47. The average molecular weight is 493 g/mol. The third kappa shape index (κ3) is 3.41. The lowest BCUT2D eigenvalue weighted by Crippen LogP contribution is -2.49. The number of fused-ring (bicyclic) bond motifs is 5. The summed E-state index contributed by atoms with van der Waals surface area (Å²) in [4.78, 5) is 41.7. The number of imide groups is 1. The Bertz CT molecular complexity index is 1110. The van der Waals surface area contributed by atoms with Gasteiger partial charge in [0.1, 0.15) is 6.04 Å². The van der Waals surface area contributed by atoms with Crippen LogP contribution in [0.25, 0.3) is 0 Å². The molecule has 0 aromatic heterocycles. The summed E-state index contributed by atoms with van der Waals surface area (Å²) in [6.45, 7) is 3.88. The van der Waals surface area contributed by atoms with Gasteiger partial charge >= 0.3 is 0 Å². The second kappa shape index (κ2) is 8.00. The molecule has 2 aromatic rings. The van der Waals surface area contributed by atoms with E-state index in [1.54, 1.807) is 0 Å². The number of amides is 3. The SMILES string of the molecule is Cc1cc(NC(=O)C(Cc2ccccc2)N2C(=O)C3C4C=CC(C4)C3C2=O)c(C)cc1Br. The predicted molar refractivity (Wildman–Crippen MR) is 126 cm³/mol. The first-order chi connectivity index (χ1) is 15.3. The minimum absolute atomic E-state index is 0.114. The zero-order valence-corrected chi connectivity index (χ0v) is 19.6. The molecule has 0 spiro atoms. The number of benzene rings is 2. The van der Waals surface area contributed by atoms with Crippen molar-refractivity contribution in [3.8, 4) is 0 Å². The summed E-state index contributed by atoms with van der Waals surface area (Å²) in [5.41, 5.74) is 3.51. The Hall–Kier alpha value is -2.73. The summed E-state index contributed by atoms with van der Waals surface area (Å²) in [7, 11) is 0. The molecule has 1 N–H and O–H groups in total. The number of carbonyl (C=O) groups excluding carboxylic acids is 3. The minimum atomic E-state index is -0.884. The Labute approximate surface area is 196 Å². The van der Waals surface area contributed by atoms with Crippen molar-refractivity contribution in [3.63, 3.8) is 0 Å². The first-order valence-corrected chi connectivity index (χ1v) is 11.8. The molecule has 2 fully saturated rings. The summed E-state index contributed by atoms with van der Waals surface area (Å²) in [6.07, 6.45) is 5.30. The van der Waals surface area contributed by atoms with Gasteiger partial charge in [0.15, 0.2) is 0 Å². The molecule has 3 amide bonds. The minimum Gasteiger partial charge on any atom is -0.324 e. The van der Waals surface area contributed by atoms with Gasteiger partial charge in [0.05, 0.1) is 11.8 Å². The van der Waals surface area contributed by atoms with Crippen LogP contribution in [0.2, 0.25) is 0 Å². The van der Waals surface area contributed by atoms with Crippen LogP contribution >= 0.6 is 15.9 Å². The number of likely N-dealkylation sites (tertiary alicyclic amines) is 1. The van der Waals surface area contributed by atoms with Crippen LogP contribution in [0.3, 0.4) is 0 Å². The molecule has 1 saturated carbocycles. The Morgan fingerprint density at radius 2 is 1.66 bits per heavy atom. The molecule has 6 heteroatoms. The second-order valence-corrected chi connectivity index (χ2v) is 10.0. The van der Waals surface area contributed by atoms with Crippen molar-refractivity contribution in [2.45, 2.75) is 32.7 Å². The Kier molecular flexibility index (Phi) is 5.28. The zero-order valence-electron chi connectivity index (χ0n) is 18.0. The van der Waals surface area contributed by atoms with Gasteiger partial charge in [0.2, 0.25) is 17.7 Å². The number of hydrogen-bond donors (Lipinski definition) is 1. The van der Waals surface area contributed by atoms with E-state index in [1.807, 2.05) is 56.3 Å². The van der Waals surface area contributed by atoms with Crippen molar-refractivity contribution in [2.24, 2.45) is 23.7 Å². The van der Waals surface area contributed by atoms with Crippen molar-refractivity contribution < 1.29 is 14.4 Å². The largest absolute Gasteiger partial charge is 0.324 e. The number of rotatable bonds is 5. The van der Waals surface area contributed by atoms with E-state index in [9.17, 15) is 14.4 Å². The van der Waals surface area contributed by atoms with E-state index in [-0.39, 0.29) is 41.4 Å². The maximum Gasteiger partial charge on any atom is 0.248 e.